The predicted octanol–water partition coefficient (Wildman–Crippen LogP) is 2.05. The zero-order valence-electron chi connectivity index (χ0n) is 33.5. The number of methoxy groups -OCH3 is 2. The molecule has 4 aliphatic rings. The largest absolute Gasteiger partial charge is 0.459 e. The Morgan fingerprint density at radius 3 is 1.98 bits per heavy atom. The number of fused-ring (bicyclic) bond motifs is 1. The lowest BCUT2D eigenvalue weighted by molar-refractivity contribution is -0.320. The molecule has 52 heavy (non-hydrogen) atoms. The van der Waals surface area contributed by atoms with Crippen LogP contribution in [0.3, 0.4) is 0 Å². The Hall–Kier alpha value is -1.30. The van der Waals surface area contributed by atoms with Gasteiger partial charge in [0.25, 0.3) is 0 Å². The summed E-state index contributed by atoms with van der Waals surface area (Å²) in [5, 5.41) is 45.7. The number of carbonyl (C=O) groups excluding carboxylic acids is 2. The molecule has 4 fully saturated rings. The monoisotopic (exact) mass is 745 g/mol. The Labute approximate surface area is 309 Å². The van der Waals surface area contributed by atoms with Crippen molar-refractivity contribution in [2.75, 3.05) is 28.3 Å². The maximum atomic E-state index is 14.2. The fourth-order valence-electron chi connectivity index (χ4n) is 9.27. The summed E-state index contributed by atoms with van der Waals surface area (Å²) in [6, 6.07) is -0.279. The van der Waals surface area contributed by atoms with Crippen molar-refractivity contribution in [3.8, 4) is 0 Å². The van der Waals surface area contributed by atoms with Gasteiger partial charge < -0.3 is 58.5 Å². The zero-order chi connectivity index (χ0) is 39.2. The molecule has 0 radical (unpaired) electrons. The van der Waals surface area contributed by atoms with Crippen LogP contribution in [0.1, 0.15) is 88.0 Å². The third-order valence-electron chi connectivity index (χ3n) is 12.8. The summed E-state index contributed by atoms with van der Waals surface area (Å²) in [6.45, 7) is 15.9. The van der Waals surface area contributed by atoms with Crippen LogP contribution >= 0.6 is 0 Å². The number of likely N-dealkylation sites (N-methyl/N-ethyl adjacent to an activating group) is 1. The molecule has 3 heterocycles. The van der Waals surface area contributed by atoms with Crippen LogP contribution in [0.5, 0.6) is 0 Å². The highest BCUT2D eigenvalue weighted by atomic mass is 16.7. The lowest BCUT2D eigenvalue weighted by Gasteiger charge is -2.53. The molecule has 0 amide bonds. The highest BCUT2D eigenvalue weighted by Gasteiger charge is 2.61. The fourth-order valence-corrected chi connectivity index (χ4v) is 9.27. The molecule has 302 valence electrons. The lowest BCUT2D eigenvalue weighted by atomic mass is 9.62. The predicted molar refractivity (Wildman–Crippen MR) is 189 cm³/mol. The maximum Gasteiger partial charge on any atom is 0.311 e. The first-order chi connectivity index (χ1) is 24.0. The van der Waals surface area contributed by atoms with Gasteiger partial charge in [0.05, 0.1) is 47.6 Å². The van der Waals surface area contributed by atoms with E-state index in [4.69, 9.17) is 33.2 Å². The highest BCUT2D eigenvalue weighted by Crippen LogP contribution is 2.47. The second kappa shape index (κ2) is 16.4. The van der Waals surface area contributed by atoms with Crippen molar-refractivity contribution in [2.24, 2.45) is 29.6 Å². The number of rotatable bonds is 7. The molecule has 4 rings (SSSR count). The first-order valence-corrected chi connectivity index (χ1v) is 18.9. The number of aliphatic hydroxyl groups is 4. The van der Waals surface area contributed by atoms with E-state index in [0.717, 1.165) is 0 Å². The number of aliphatic hydroxyl groups excluding tert-OH is 3. The molecule has 0 aromatic carbocycles. The summed E-state index contributed by atoms with van der Waals surface area (Å²) in [6.07, 6.45) is -8.49. The molecule has 0 aromatic rings. The Kier molecular flexibility index (Phi) is 13.7. The van der Waals surface area contributed by atoms with Crippen molar-refractivity contribution in [3.63, 3.8) is 0 Å². The fraction of sp³-hybridized carbons (Fsp3) is 0.947. The molecular weight excluding hydrogens is 678 g/mol. The molecule has 3 saturated heterocycles. The van der Waals surface area contributed by atoms with Gasteiger partial charge >= 0.3 is 5.97 Å². The van der Waals surface area contributed by atoms with Crippen LogP contribution in [0.25, 0.3) is 0 Å². The number of ether oxygens (including phenoxy) is 7. The van der Waals surface area contributed by atoms with E-state index in [0.29, 0.717) is 6.42 Å². The van der Waals surface area contributed by atoms with Crippen LogP contribution in [0.4, 0.5) is 0 Å². The van der Waals surface area contributed by atoms with Crippen molar-refractivity contribution in [2.45, 2.75) is 172 Å². The topological polar surface area (TPSA) is 183 Å². The second-order valence-corrected chi connectivity index (χ2v) is 17.1. The van der Waals surface area contributed by atoms with Gasteiger partial charge in [-0.05, 0) is 73.9 Å². The second-order valence-electron chi connectivity index (χ2n) is 17.1. The minimum Gasteiger partial charge on any atom is -0.459 e. The van der Waals surface area contributed by atoms with Crippen LogP contribution in [0.2, 0.25) is 0 Å². The standard InChI is InChI=1S/C38H67NO13/c1-18-15-37(9,47-13)33(52-35-28(41)25(39(10)11)14-20(3)48-35)22(5)29(50-26-17-36(8,46-12)31(43)24(7)49-26)23(6)34(44)51-32-19(2)16-38(32,45)30(42)21(4)27(18)40/h18-26,28-33,35,41-43,45H,14-17H2,1-13H3. The van der Waals surface area contributed by atoms with Crippen molar-refractivity contribution in [3.05, 3.63) is 0 Å². The van der Waals surface area contributed by atoms with E-state index in [1.165, 1.54) is 14.2 Å². The molecule has 14 heteroatoms. The first kappa shape index (κ1) is 43.4. The molecule has 19 atom stereocenters. The Bertz CT molecular complexity index is 1240. The molecular formula is C38H67NO13. The van der Waals surface area contributed by atoms with Gasteiger partial charge in [-0.1, -0.05) is 27.7 Å². The van der Waals surface area contributed by atoms with E-state index >= 15 is 0 Å². The van der Waals surface area contributed by atoms with Crippen LogP contribution in [0.15, 0.2) is 0 Å². The average molecular weight is 746 g/mol. The van der Waals surface area contributed by atoms with E-state index in [1.807, 2.05) is 46.7 Å². The van der Waals surface area contributed by atoms with Gasteiger partial charge in [-0.2, -0.15) is 0 Å². The Morgan fingerprint density at radius 1 is 0.808 bits per heavy atom. The third-order valence-corrected chi connectivity index (χ3v) is 12.8. The van der Waals surface area contributed by atoms with Gasteiger partial charge in [0.2, 0.25) is 0 Å². The van der Waals surface area contributed by atoms with Gasteiger partial charge in [-0.25, -0.2) is 0 Å². The van der Waals surface area contributed by atoms with Gasteiger partial charge in [0.1, 0.15) is 29.7 Å². The number of Topliss-reactive ketones (excluding diaryl/α,β-unsaturated/α-hetero) is 1. The molecule has 1 aliphatic carbocycles. The van der Waals surface area contributed by atoms with Crippen LogP contribution in [-0.2, 0) is 42.7 Å². The van der Waals surface area contributed by atoms with E-state index in [9.17, 15) is 30.0 Å². The van der Waals surface area contributed by atoms with E-state index in [2.05, 4.69) is 0 Å². The Morgan fingerprint density at radius 2 is 1.42 bits per heavy atom. The van der Waals surface area contributed by atoms with Crippen LogP contribution in [0, 0.1) is 29.6 Å². The van der Waals surface area contributed by atoms with Crippen molar-refractivity contribution < 1.29 is 63.2 Å². The smallest absolute Gasteiger partial charge is 0.311 e. The summed E-state index contributed by atoms with van der Waals surface area (Å²) >= 11 is 0. The van der Waals surface area contributed by atoms with Gasteiger partial charge in [-0.15, -0.1) is 0 Å². The number of ketones is 1. The average Bonchev–Trinajstić information content (AvgIpc) is 3.09. The summed E-state index contributed by atoms with van der Waals surface area (Å²) < 4.78 is 44.0. The van der Waals surface area contributed by atoms with Gasteiger partial charge in [0.15, 0.2) is 12.6 Å². The minimum atomic E-state index is -1.82. The SMILES string of the molecule is COC1(C)CC(OC2C(C)C(=O)OC3C(C)CC3(O)C(O)C(C)C(=O)C(C)CC(C)(OC)C(OC3OC(C)CC(N(C)C)C3O)C2C)OC(C)C1O. The maximum absolute atomic E-state index is 14.2. The summed E-state index contributed by atoms with van der Waals surface area (Å²) in [5.74, 6) is -4.61. The summed E-state index contributed by atoms with van der Waals surface area (Å²) in [4.78, 5) is 30.1. The van der Waals surface area contributed by atoms with Gasteiger partial charge in [0, 0.05) is 44.4 Å². The van der Waals surface area contributed by atoms with E-state index < -0.39 is 102 Å². The zero-order valence-corrected chi connectivity index (χ0v) is 33.5. The number of esters is 1. The van der Waals surface area contributed by atoms with Gasteiger partial charge in [-0.3, -0.25) is 9.59 Å². The van der Waals surface area contributed by atoms with E-state index in [-0.39, 0.29) is 43.1 Å². The molecule has 1 saturated carbocycles. The molecule has 0 bridgehead atoms. The van der Waals surface area contributed by atoms with Crippen molar-refractivity contribution in [1.29, 1.82) is 0 Å². The molecule has 14 nitrogen and oxygen atoms in total. The third kappa shape index (κ3) is 8.28. The Balaban J connectivity index is 1.84. The quantitative estimate of drug-likeness (QED) is 0.278. The summed E-state index contributed by atoms with van der Waals surface area (Å²) in [7, 11) is 6.78. The molecule has 0 aromatic heterocycles. The molecule has 3 aliphatic heterocycles. The minimum absolute atomic E-state index is 0.124. The number of hydrogen-bond donors (Lipinski definition) is 4. The number of nitrogens with zero attached hydrogens (tertiary/aromatic N) is 1. The normalized spacial score (nSPS) is 51.3. The number of hydrogen-bond acceptors (Lipinski definition) is 14. The van der Waals surface area contributed by atoms with Crippen molar-refractivity contribution in [1.82, 2.24) is 4.90 Å². The van der Waals surface area contributed by atoms with Crippen LogP contribution < -0.4 is 0 Å². The first-order valence-electron chi connectivity index (χ1n) is 18.9. The summed E-state index contributed by atoms with van der Waals surface area (Å²) in [5.41, 5.74) is -4.09. The van der Waals surface area contributed by atoms with Crippen molar-refractivity contribution >= 4 is 11.8 Å². The molecule has 19 unspecified atom stereocenters. The number of carbonyl (C=O) groups is 2. The lowest BCUT2D eigenvalue weighted by Crippen LogP contribution is -2.68. The highest BCUT2D eigenvalue weighted by molar-refractivity contribution is 5.83. The molecule has 0 spiro atoms. The van der Waals surface area contributed by atoms with Crippen LogP contribution in [-0.4, -0.2) is 150 Å². The van der Waals surface area contributed by atoms with E-state index in [1.54, 1.807) is 34.6 Å². The molecule has 4 N–H and O–H groups in total.